The Morgan fingerprint density at radius 1 is 0.806 bits per heavy atom. The third-order valence-electron chi connectivity index (χ3n) is 5.75. The Labute approximate surface area is 181 Å². The lowest BCUT2D eigenvalue weighted by atomic mass is 9.90. The van der Waals surface area contributed by atoms with E-state index < -0.39 is 0 Å². The van der Waals surface area contributed by atoms with Crippen molar-refractivity contribution in [2.45, 2.75) is 24.8 Å². The third kappa shape index (κ3) is 5.00. The second kappa shape index (κ2) is 9.56. The van der Waals surface area contributed by atoms with E-state index in [4.69, 9.17) is 0 Å². The van der Waals surface area contributed by atoms with Gasteiger partial charge in [-0.1, -0.05) is 60.7 Å². The maximum atomic E-state index is 13.3. The average molecular weight is 416 g/mol. The van der Waals surface area contributed by atoms with Crippen LogP contribution in [-0.4, -0.2) is 35.8 Å². The number of carbonyl (C=O) groups excluding carboxylic acids is 2. The molecule has 1 N–H and O–H groups in total. The van der Waals surface area contributed by atoms with E-state index in [0.717, 1.165) is 11.1 Å². The summed E-state index contributed by atoms with van der Waals surface area (Å²) < 4.78 is 13.1. The molecular weight excluding hydrogens is 391 g/mol. The molecule has 3 aromatic rings. The zero-order chi connectivity index (χ0) is 21.6. The van der Waals surface area contributed by atoms with Crippen molar-refractivity contribution in [1.29, 1.82) is 0 Å². The standard InChI is InChI=1S/C26H25FN2O2/c27-22-13-11-21(12-14-22)26(31)29-17-15-23(16-18-29)28-25(30)24(19-7-3-1-4-8-19)20-9-5-2-6-10-20/h1-14,23-24H,15-18H2,(H,28,30). The van der Waals surface area contributed by atoms with Gasteiger partial charge in [-0.05, 0) is 48.2 Å². The first kappa shape index (κ1) is 20.8. The minimum Gasteiger partial charge on any atom is -0.352 e. The van der Waals surface area contributed by atoms with E-state index in [-0.39, 0.29) is 29.6 Å². The second-order valence-corrected chi connectivity index (χ2v) is 7.84. The molecule has 2 amide bonds. The molecule has 3 aromatic carbocycles. The molecular formula is C26H25FN2O2. The predicted octanol–water partition coefficient (Wildman–Crippen LogP) is 4.38. The summed E-state index contributed by atoms with van der Waals surface area (Å²) in [5.41, 5.74) is 2.39. The van der Waals surface area contributed by atoms with Crippen LogP contribution >= 0.6 is 0 Å². The highest BCUT2D eigenvalue weighted by molar-refractivity contribution is 5.94. The van der Waals surface area contributed by atoms with Crippen LogP contribution in [0.5, 0.6) is 0 Å². The molecule has 1 heterocycles. The molecule has 1 aliphatic rings. The van der Waals surface area contributed by atoms with Crippen LogP contribution in [0, 0.1) is 5.82 Å². The molecule has 1 aliphatic heterocycles. The molecule has 0 aliphatic carbocycles. The SMILES string of the molecule is O=C(NC1CCN(C(=O)c2ccc(F)cc2)CC1)C(c1ccccc1)c1ccccc1. The highest BCUT2D eigenvalue weighted by atomic mass is 19.1. The summed E-state index contributed by atoms with van der Waals surface area (Å²) in [4.78, 5) is 27.7. The van der Waals surface area contributed by atoms with Crippen molar-refractivity contribution in [2.24, 2.45) is 0 Å². The number of carbonyl (C=O) groups is 2. The summed E-state index contributed by atoms with van der Waals surface area (Å²) >= 11 is 0. The number of halogens is 1. The molecule has 31 heavy (non-hydrogen) atoms. The van der Waals surface area contributed by atoms with Gasteiger partial charge in [0.25, 0.3) is 5.91 Å². The van der Waals surface area contributed by atoms with Gasteiger partial charge >= 0.3 is 0 Å². The quantitative estimate of drug-likeness (QED) is 0.671. The topological polar surface area (TPSA) is 49.4 Å². The number of amides is 2. The van der Waals surface area contributed by atoms with Crippen LogP contribution in [0.4, 0.5) is 4.39 Å². The zero-order valence-electron chi connectivity index (χ0n) is 17.2. The fourth-order valence-electron chi connectivity index (χ4n) is 4.07. The van der Waals surface area contributed by atoms with E-state index in [9.17, 15) is 14.0 Å². The fraction of sp³-hybridized carbons (Fsp3) is 0.231. The van der Waals surface area contributed by atoms with Crippen molar-refractivity contribution < 1.29 is 14.0 Å². The number of nitrogens with one attached hydrogen (secondary N) is 1. The molecule has 1 fully saturated rings. The maximum Gasteiger partial charge on any atom is 0.253 e. The monoisotopic (exact) mass is 416 g/mol. The molecule has 4 rings (SSSR count). The summed E-state index contributed by atoms with van der Waals surface area (Å²) in [5.74, 6) is -0.859. The largest absolute Gasteiger partial charge is 0.352 e. The Bertz CT molecular complexity index is 975. The highest BCUT2D eigenvalue weighted by Gasteiger charge is 2.28. The Hall–Kier alpha value is -3.47. The molecule has 0 radical (unpaired) electrons. The number of likely N-dealkylation sites (tertiary alicyclic amines) is 1. The number of hydrogen-bond donors (Lipinski definition) is 1. The molecule has 1 saturated heterocycles. The molecule has 0 aromatic heterocycles. The number of nitrogens with zero attached hydrogens (tertiary/aromatic N) is 1. The highest BCUT2D eigenvalue weighted by Crippen LogP contribution is 2.25. The van der Waals surface area contributed by atoms with Gasteiger partial charge < -0.3 is 10.2 Å². The van der Waals surface area contributed by atoms with Gasteiger partial charge in [-0.25, -0.2) is 4.39 Å². The van der Waals surface area contributed by atoms with Gasteiger partial charge in [0, 0.05) is 24.7 Å². The minimum absolute atomic E-state index is 0.0136. The maximum absolute atomic E-state index is 13.3. The van der Waals surface area contributed by atoms with Gasteiger partial charge in [-0.3, -0.25) is 9.59 Å². The zero-order valence-corrected chi connectivity index (χ0v) is 17.2. The smallest absolute Gasteiger partial charge is 0.253 e. The van der Waals surface area contributed by atoms with Gasteiger partial charge in [0.05, 0.1) is 5.92 Å². The molecule has 4 nitrogen and oxygen atoms in total. The second-order valence-electron chi connectivity index (χ2n) is 7.84. The fourth-order valence-corrected chi connectivity index (χ4v) is 4.07. The third-order valence-corrected chi connectivity index (χ3v) is 5.75. The average Bonchev–Trinajstić information content (AvgIpc) is 2.81. The van der Waals surface area contributed by atoms with Crippen molar-refractivity contribution in [1.82, 2.24) is 10.2 Å². The van der Waals surface area contributed by atoms with Gasteiger partial charge in [0.2, 0.25) is 5.91 Å². The van der Waals surface area contributed by atoms with Crippen LogP contribution < -0.4 is 5.32 Å². The Kier molecular flexibility index (Phi) is 6.41. The molecule has 5 heteroatoms. The van der Waals surface area contributed by atoms with Crippen molar-refractivity contribution in [3.8, 4) is 0 Å². The first-order valence-electron chi connectivity index (χ1n) is 10.6. The lowest BCUT2D eigenvalue weighted by Gasteiger charge is -2.33. The Morgan fingerprint density at radius 2 is 1.32 bits per heavy atom. The first-order chi connectivity index (χ1) is 15.1. The first-order valence-corrected chi connectivity index (χ1v) is 10.6. The number of rotatable bonds is 5. The molecule has 0 atom stereocenters. The van der Waals surface area contributed by atoms with E-state index in [2.05, 4.69) is 5.32 Å². The van der Waals surface area contributed by atoms with Crippen LogP contribution in [-0.2, 0) is 4.79 Å². The van der Waals surface area contributed by atoms with E-state index in [1.54, 1.807) is 4.90 Å². The summed E-state index contributed by atoms with van der Waals surface area (Å²) in [5, 5.41) is 3.20. The molecule has 158 valence electrons. The van der Waals surface area contributed by atoms with Crippen LogP contribution in [0.2, 0.25) is 0 Å². The number of hydrogen-bond acceptors (Lipinski definition) is 2. The van der Waals surface area contributed by atoms with Crippen LogP contribution in [0.3, 0.4) is 0 Å². The van der Waals surface area contributed by atoms with E-state index in [1.807, 2.05) is 60.7 Å². The van der Waals surface area contributed by atoms with Crippen LogP contribution in [0.1, 0.15) is 40.2 Å². The summed E-state index contributed by atoms with van der Waals surface area (Å²) in [6.07, 6.45) is 1.38. The van der Waals surface area contributed by atoms with Gasteiger partial charge in [0.1, 0.15) is 5.82 Å². The van der Waals surface area contributed by atoms with Crippen LogP contribution in [0.15, 0.2) is 84.9 Å². The Morgan fingerprint density at radius 3 is 1.84 bits per heavy atom. The van der Waals surface area contributed by atoms with E-state index >= 15 is 0 Å². The lowest BCUT2D eigenvalue weighted by molar-refractivity contribution is -0.122. The Balaban J connectivity index is 1.40. The molecule has 0 unspecified atom stereocenters. The summed E-state index contributed by atoms with van der Waals surface area (Å²) in [6, 6.07) is 25.2. The molecule has 0 spiro atoms. The molecule has 0 bridgehead atoms. The normalized spacial score (nSPS) is 14.5. The predicted molar refractivity (Wildman–Crippen MR) is 118 cm³/mol. The van der Waals surface area contributed by atoms with Crippen molar-refractivity contribution in [2.75, 3.05) is 13.1 Å². The van der Waals surface area contributed by atoms with Gasteiger partial charge in [0.15, 0.2) is 0 Å². The van der Waals surface area contributed by atoms with Crippen LogP contribution in [0.25, 0.3) is 0 Å². The van der Waals surface area contributed by atoms with E-state index in [0.29, 0.717) is 31.5 Å². The van der Waals surface area contributed by atoms with Gasteiger partial charge in [-0.15, -0.1) is 0 Å². The summed E-state index contributed by atoms with van der Waals surface area (Å²) in [7, 11) is 0. The number of benzene rings is 3. The minimum atomic E-state index is -0.374. The van der Waals surface area contributed by atoms with Crippen molar-refractivity contribution in [3.63, 3.8) is 0 Å². The van der Waals surface area contributed by atoms with E-state index in [1.165, 1.54) is 24.3 Å². The van der Waals surface area contributed by atoms with Crippen molar-refractivity contribution in [3.05, 3.63) is 107 Å². The molecule has 0 saturated carbocycles. The number of piperidine rings is 1. The van der Waals surface area contributed by atoms with Gasteiger partial charge in [-0.2, -0.15) is 0 Å². The summed E-state index contributed by atoms with van der Waals surface area (Å²) in [6.45, 7) is 1.12. The lowest BCUT2D eigenvalue weighted by Crippen LogP contribution is -2.47. The van der Waals surface area contributed by atoms with Crippen molar-refractivity contribution >= 4 is 11.8 Å².